The molecule has 0 aromatic carbocycles. The molecule has 0 aliphatic rings. The number of rotatable bonds is 2. The minimum absolute atomic E-state index is 0.235. The van der Waals surface area contributed by atoms with Crippen LogP contribution in [0.1, 0.15) is 19.8 Å². The first kappa shape index (κ1) is 8.58. The molecule has 0 atom stereocenters. The Bertz CT molecular complexity index is 195. The van der Waals surface area contributed by atoms with Crippen LogP contribution in [-0.4, -0.2) is 13.5 Å². The lowest BCUT2D eigenvalue weighted by Gasteiger charge is -1.95. The fourth-order valence-corrected chi connectivity index (χ4v) is 0.858. The van der Waals surface area contributed by atoms with Gasteiger partial charge in [0.15, 0.2) is 0 Å². The Morgan fingerprint density at radius 3 is 2.22 bits per heavy atom. The number of nitrogens with one attached hydrogen (secondary N) is 1. The zero-order chi connectivity index (χ0) is 7.49. The molecule has 54 valence electrons. The molecular formula is C4H10N2O2S. The fourth-order valence-electron chi connectivity index (χ4n) is 0.369. The second-order valence-corrected chi connectivity index (χ2v) is 3.30. The summed E-state index contributed by atoms with van der Waals surface area (Å²) in [5.41, 5.74) is 0. The summed E-state index contributed by atoms with van der Waals surface area (Å²) in [4.78, 5) is 0. The summed E-state index contributed by atoms with van der Waals surface area (Å²) in [6.07, 6.45) is 0.869. The zero-order valence-corrected chi connectivity index (χ0v) is 6.03. The molecule has 0 fully saturated rings. The van der Waals surface area contributed by atoms with E-state index in [1.165, 1.54) is 0 Å². The Labute approximate surface area is 54.6 Å². The summed E-state index contributed by atoms with van der Waals surface area (Å²) in [6, 6.07) is 0. The highest BCUT2D eigenvalue weighted by molar-refractivity contribution is 8.04. The van der Waals surface area contributed by atoms with E-state index in [2.05, 4.69) is 5.14 Å². The van der Waals surface area contributed by atoms with E-state index in [9.17, 15) is 8.42 Å². The minimum atomic E-state index is -3.68. The Hall–Kier alpha value is -0.420. The van der Waals surface area contributed by atoms with Crippen molar-refractivity contribution in [1.29, 1.82) is 5.41 Å². The predicted molar refractivity (Wildman–Crippen MR) is 35.7 cm³/mol. The largest absolute Gasteiger partial charge is 0.293 e. The summed E-state index contributed by atoms with van der Waals surface area (Å²) < 4.78 is 20.5. The first-order valence-corrected chi connectivity index (χ1v) is 4.13. The fraction of sp³-hybridized carbons (Fsp3) is 0.750. The molecule has 0 saturated carbocycles. The van der Waals surface area contributed by atoms with Gasteiger partial charge in [0.2, 0.25) is 0 Å². The Morgan fingerprint density at radius 1 is 1.67 bits per heavy atom. The van der Waals surface area contributed by atoms with Gasteiger partial charge in [0, 0.05) is 6.42 Å². The van der Waals surface area contributed by atoms with Gasteiger partial charge in [-0.3, -0.25) is 5.41 Å². The second-order valence-electron chi connectivity index (χ2n) is 1.72. The molecule has 0 bridgehead atoms. The highest BCUT2D eigenvalue weighted by Crippen LogP contribution is 1.92. The monoisotopic (exact) mass is 150 g/mol. The van der Waals surface area contributed by atoms with Crippen molar-refractivity contribution in [1.82, 2.24) is 0 Å². The van der Waals surface area contributed by atoms with Crippen molar-refractivity contribution in [2.24, 2.45) is 5.14 Å². The molecule has 0 spiro atoms. The van der Waals surface area contributed by atoms with Crippen LogP contribution in [0.2, 0.25) is 0 Å². The van der Waals surface area contributed by atoms with E-state index in [1.54, 1.807) is 6.92 Å². The molecule has 0 unspecified atom stereocenters. The highest BCUT2D eigenvalue weighted by atomic mass is 32.2. The van der Waals surface area contributed by atoms with Crippen LogP contribution in [0.4, 0.5) is 0 Å². The van der Waals surface area contributed by atoms with Crippen molar-refractivity contribution in [2.45, 2.75) is 19.8 Å². The van der Waals surface area contributed by atoms with Gasteiger partial charge in [0.25, 0.3) is 10.0 Å². The van der Waals surface area contributed by atoms with Crippen LogP contribution in [0.15, 0.2) is 0 Å². The summed E-state index contributed by atoms with van der Waals surface area (Å²) in [5, 5.41) is 11.1. The van der Waals surface area contributed by atoms with Crippen molar-refractivity contribution in [3.63, 3.8) is 0 Å². The molecule has 0 amide bonds. The molecule has 4 nitrogen and oxygen atoms in total. The molecule has 9 heavy (non-hydrogen) atoms. The lowest BCUT2D eigenvalue weighted by atomic mass is 10.4. The van der Waals surface area contributed by atoms with Crippen LogP contribution in [0.5, 0.6) is 0 Å². The number of hydrogen-bond acceptors (Lipinski definition) is 3. The van der Waals surface area contributed by atoms with E-state index in [4.69, 9.17) is 5.41 Å². The molecular weight excluding hydrogens is 140 g/mol. The molecule has 0 aromatic rings. The molecule has 0 radical (unpaired) electrons. The predicted octanol–water partition coefficient (Wildman–Crippen LogP) is 0.0523. The van der Waals surface area contributed by atoms with Gasteiger partial charge < -0.3 is 0 Å². The third-order valence-corrected chi connectivity index (χ3v) is 1.71. The van der Waals surface area contributed by atoms with E-state index in [0.29, 0.717) is 6.42 Å². The van der Waals surface area contributed by atoms with Gasteiger partial charge in [-0.15, -0.1) is 0 Å². The van der Waals surface area contributed by atoms with E-state index in [1.807, 2.05) is 0 Å². The Kier molecular flexibility index (Phi) is 2.80. The van der Waals surface area contributed by atoms with Crippen molar-refractivity contribution in [2.75, 3.05) is 0 Å². The molecule has 5 heteroatoms. The van der Waals surface area contributed by atoms with Crippen molar-refractivity contribution in [3.05, 3.63) is 0 Å². The molecule has 0 rings (SSSR count). The summed E-state index contributed by atoms with van der Waals surface area (Å²) in [5.74, 6) is 0. The average molecular weight is 150 g/mol. The van der Waals surface area contributed by atoms with Gasteiger partial charge >= 0.3 is 0 Å². The average Bonchev–Trinajstić information content (AvgIpc) is 1.64. The number of primary sulfonamides is 1. The van der Waals surface area contributed by atoms with Gasteiger partial charge in [-0.1, -0.05) is 6.92 Å². The normalized spacial score (nSPS) is 11.3. The quantitative estimate of drug-likeness (QED) is 0.430. The Morgan fingerprint density at radius 2 is 2.11 bits per heavy atom. The van der Waals surface area contributed by atoms with Crippen LogP contribution in [0.3, 0.4) is 0 Å². The highest BCUT2D eigenvalue weighted by Gasteiger charge is 2.08. The summed E-state index contributed by atoms with van der Waals surface area (Å²) >= 11 is 0. The molecule has 0 aromatic heterocycles. The first-order chi connectivity index (χ1) is 3.98. The van der Waals surface area contributed by atoms with Gasteiger partial charge in [-0.2, -0.15) is 0 Å². The van der Waals surface area contributed by atoms with Gasteiger partial charge in [0.05, 0.1) is 0 Å². The van der Waals surface area contributed by atoms with Crippen molar-refractivity contribution >= 4 is 15.1 Å². The van der Waals surface area contributed by atoms with Crippen LogP contribution >= 0.6 is 0 Å². The van der Waals surface area contributed by atoms with Crippen LogP contribution < -0.4 is 5.14 Å². The zero-order valence-electron chi connectivity index (χ0n) is 5.22. The van der Waals surface area contributed by atoms with Crippen molar-refractivity contribution in [3.8, 4) is 0 Å². The van der Waals surface area contributed by atoms with Crippen molar-refractivity contribution < 1.29 is 8.42 Å². The number of sulfonamides is 1. The molecule has 0 aliphatic carbocycles. The smallest absolute Gasteiger partial charge is 0.250 e. The maximum absolute atomic E-state index is 10.3. The van der Waals surface area contributed by atoms with E-state index < -0.39 is 10.0 Å². The number of hydrogen-bond donors (Lipinski definition) is 2. The SMILES string of the molecule is CCCC(=N)S(N)(=O)=O. The third kappa shape index (κ3) is 3.21. The van der Waals surface area contributed by atoms with E-state index in [0.717, 1.165) is 0 Å². The lowest BCUT2D eigenvalue weighted by molar-refractivity contribution is 0.607. The molecule has 3 N–H and O–H groups in total. The lowest BCUT2D eigenvalue weighted by Crippen LogP contribution is -2.22. The summed E-state index contributed by atoms with van der Waals surface area (Å²) in [7, 11) is -3.68. The van der Waals surface area contributed by atoms with Crippen LogP contribution in [0.25, 0.3) is 0 Å². The maximum atomic E-state index is 10.3. The van der Waals surface area contributed by atoms with E-state index >= 15 is 0 Å². The molecule has 0 heterocycles. The van der Waals surface area contributed by atoms with Crippen LogP contribution in [-0.2, 0) is 10.0 Å². The third-order valence-electron chi connectivity index (χ3n) is 0.821. The molecule has 0 aliphatic heterocycles. The standard InChI is InChI=1S/C4H10N2O2S/c1-2-3-4(5)9(6,7)8/h5H,2-3H2,1H3,(H2,6,7,8). The second kappa shape index (κ2) is 2.93. The van der Waals surface area contributed by atoms with Gasteiger partial charge in [-0.25, -0.2) is 13.6 Å². The van der Waals surface area contributed by atoms with Gasteiger partial charge in [0.1, 0.15) is 5.04 Å². The minimum Gasteiger partial charge on any atom is -0.293 e. The van der Waals surface area contributed by atoms with Gasteiger partial charge in [-0.05, 0) is 6.42 Å². The maximum Gasteiger partial charge on any atom is 0.250 e. The topological polar surface area (TPSA) is 84.0 Å². The molecule has 0 saturated heterocycles. The van der Waals surface area contributed by atoms with E-state index in [-0.39, 0.29) is 11.5 Å². The number of nitrogens with two attached hydrogens (primary N) is 1. The first-order valence-electron chi connectivity index (χ1n) is 2.58. The van der Waals surface area contributed by atoms with Crippen LogP contribution in [0, 0.1) is 5.41 Å². The summed E-state index contributed by atoms with van der Waals surface area (Å²) in [6.45, 7) is 1.79. The Balaban J connectivity index is 4.08.